The van der Waals surface area contributed by atoms with E-state index in [2.05, 4.69) is 31.2 Å². The molecule has 0 amide bonds. The lowest BCUT2D eigenvalue weighted by Crippen LogP contribution is -2.42. The van der Waals surface area contributed by atoms with Crippen molar-refractivity contribution in [1.82, 2.24) is 9.97 Å². The molecule has 94 valence electrons. The van der Waals surface area contributed by atoms with Crippen LogP contribution in [0.4, 0.5) is 11.8 Å². The predicted molar refractivity (Wildman–Crippen MR) is 67.6 cm³/mol. The van der Waals surface area contributed by atoms with Gasteiger partial charge in [0.2, 0.25) is 5.95 Å². The molecule has 0 aromatic carbocycles. The minimum atomic E-state index is -0.739. The van der Waals surface area contributed by atoms with Crippen LogP contribution in [-0.4, -0.2) is 40.4 Å². The molecule has 1 aromatic heterocycles. The van der Waals surface area contributed by atoms with Crippen molar-refractivity contribution in [1.29, 1.82) is 0 Å². The van der Waals surface area contributed by atoms with Gasteiger partial charge in [-0.05, 0) is 15.9 Å². The van der Waals surface area contributed by atoms with Gasteiger partial charge >= 0.3 is 0 Å². The Morgan fingerprint density at radius 2 is 2.24 bits per heavy atom. The number of nitrogens with zero attached hydrogens (tertiary/aromatic N) is 2. The highest BCUT2D eigenvalue weighted by Crippen LogP contribution is 2.24. The van der Waals surface area contributed by atoms with Crippen LogP contribution in [0.3, 0.4) is 0 Å². The van der Waals surface area contributed by atoms with Gasteiger partial charge in [-0.3, -0.25) is 0 Å². The van der Waals surface area contributed by atoms with Gasteiger partial charge in [0.1, 0.15) is 5.82 Å². The lowest BCUT2D eigenvalue weighted by Gasteiger charge is -2.32. The predicted octanol–water partition coefficient (Wildman–Crippen LogP) is 0.775. The zero-order valence-corrected chi connectivity index (χ0v) is 10.9. The molecule has 6 nitrogen and oxygen atoms in total. The Hall–Kier alpha value is -0.920. The Labute approximate surface area is 108 Å². The lowest BCUT2D eigenvalue weighted by molar-refractivity contribution is -0.0543. The maximum absolute atomic E-state index is 10.3. The number of halogens is 1. The quantitative estimate of drug-likeness (QED) is 0.764. The van der Waals surface area contributed by atoms with Crippen molar-refractivity contribution in [2.45, 2.75) is 18.4 Å². The fourth-order valence-corrected chi connectivity index (χ4v) is 2.01. The van der Waals surface area contributed by atoms with E-state index in [9.17, 15) is 5.11 Å². The number of hydrogen-bond acceptors (Lipinski definition) is 6. The monoisotopic (exact) mass is 302 g/mol. The molecule has 0 atom stereocenters. The van der Waals surface area contributed by atoms with Crippen LogP contribution in [0.2, 0.25) is 0 Å². The van der Waals surface area contributed by atoms with E-state index in [-0.39, 0.29) is 5.95 Å². The molecule has 2 heterocycles. The molecule has 0 aliphatic carbocycles. The van der Waals surface area contributed by atoms with E-state index >= 15 is 0 Å². The van der Waals surface area contributed by atoms with Crippen molar-refractivity contribution in [3.63, 3.8) is 0 Å². The second-order valence-corrected chi connectivity index (χ2v) is 4.97. The molecule has 2 rings (SSSR count). The van der Waals surface area contributed by atoms with Gasteiger partial charge < -0.3 is 20.9 Å². The summed E-state index contributed by atoms with van der Waals surface area (Å²) in [6, 6.07) is 0. The zero-order chi connectivity index (χ0) is 12.3. The molecule has 0 spiro atoms. The molecule has 1 fully saturated rings. The van der Waals surface area contributed by atoms with E-state index in [1.165, 1.54) is 0 Å². The van der Waals surface area contributed by atoms with Crippen LogP contribution in [-0.2, 0) is 4.74 Å². The minimum absolute atomic E-state index is 0.203. The summed E-state index contributed by atoms with van der Waals surface area (Å²) in [7, 11) is 0. The molecule has 17 heavy (non-hydrogen) atoms. The van der Waals surface area contributed by atoms with Crippen LogP contribution in [0.25, 0.3) is 0 Å². The summed E-state index contributed by atoms with van der Waals surface area (Å²) >= 11 is 3.32. The second kappa shape index (κ2) is 5.16. The van der Waals surface area contributed by atoms with Crippen molar-refractivity contribution in [3.8, 4) is 0 Å². The number of hydrogen-bond donors (Lipinski definition) is 3. The van der Waals surface area contributed by atoms with Crippen molar-refractivity contribution in [2.24, 2.45) is 0 Å². The highest BCUT2D eigenvalue weighted by molar-refractivity contribution is 9.10. The first-order chi connectivity index (χ1) is 8.09. The fourth-order valence-electron chi connectivity index (χ4n) is 1.68. The molecule has 0 radical (unpaired) electrons. The average Bonchev–Trinajstić information content (AvgIpc) is 2.31. The molecule has 7 heteroatoms. The summed E-state index contributed by atoms with van der Waals surface area (Å²) in [5.74, 6) is 0.798. The zero-order valence-electron chi connectivity index (χ0n) is 9.32. The van der Waals surface area contributed by atoms with E-state index < -0.39 is 5.60 Å². The maximum Gasteiger partial charge on any atom is 0.221 e. The lowest BCUT2D eigenvalue weighted by atomic mass is 9.94. The maximum atomic E-state index is 10.3. The number of aliphatic hydroxyl groups is 1. The molecule has 0 unspecified atom stereocenters. The standard InChI is InChI=1S/C10H15BrN4O2/c11-7-5-13-9(12)15-8(7)14-6-10(16)1-3-17-4-2-10/h5,16H,1-4,6H2,(H3,12,13,14,15). The fraction of sp³-hybridized carbons (Fsp3) is 0.600. The van der Waals surface area contributed by atoms with Gasteiger partial charge in [-0.2, -0.15) is 4.98 Å². The second-order valence-electron chi connectivity index (χ2n) is 4.12. The molecule has 1 aliphatic heterocycles. The summed E-state index contributed by atoms with van der Waals surface area (Å²) in [6.45, 7) is 1.60. The third-order valence-corrected chi connectivity index (χ3v) is 3.35. The van der Waals surface area contributed by atoms with E-state index in [1.807, 2.05) is 0 Å². The third kappa shape index (κ3) is 3.27. The Morgan fingerprint density at radius 3 is 2.94 bits per heavy atom. The number of aromatic nitrogens is 2. The number of rotatable bonds is 3. The summed E-state index contributed by atoms with van der Waals surface area (Å²) in [6.07, 6.45) is 2.83. The van der Waals surface area contributed by atoms with Crippen LogP contribution in [0, 0.1) is 0 Å². The molecule has 1 saturated heterocycles. The number of nitrogens with one attached hydrogen (secondary N) is 1. The van der Waals surface area contributed by atoms with Crippen molar-refractivity contribution in [3.05, 3.63) is 10.7 Å². The molecule has 4 N–H and O–H groups in total. The Bertz CT molecular complexity index is 396. The first-order valence-electron chi connectivity index (χ1n) is 5.41. The van der Waals surface area contributed by atoms with Crippen LogP contribution in [0.5, 0.6) is 0 Å². The van der Waals surface area contributed by atoms with Gasteiger partial charge in [0.25, 0.3) is 0 Å². The van der Waals surface area contributed by atoms with Crippen molar-refractivity contribution in [2.75, 3.05) is 30.8 Å². The van der Waals surface area contributed by atoms with Gasteiger partial charge in [-0.25, -0.2) is 4.98 Å². The topological polar surface area (TPSA) is 93.3 Å². The summed E-state index contributed by atoms with van der Waals surface area (Å²) in [4.78, 5) is 7.90. The Balaban J connectivity index is 1.99. The van der Waals surface area contributed by atoms with Gasteiger partial charge in [0.15, 0.2) is 0 Å². The summed E-state index contributed by atoms with van der Waals surface area (Å²) in [5.41, 5.74) is 4.76. The highest BCUT2D eigenvalue weighted by Gasteiger charge is 2.29. The van der Waals surface area contributed by atoms with E-state index in [0.29, 0.717) is 38.4 Å². The Morgan fingerprint density at radius 1 is 1.53 bits per heavy atom. The normalized spacial score (nSPS) is 18.9. The molecule has 1 aromatic rings. The van der Waals surface area contributed by atoms with Gasteiger partial charge in [0.05, 0.1) is 10.1 Å². The summed E-state index contributed by atoms with van der Waals surface area (Å²) < 4.78 is 5.94. The van der Waals surface area contributed by atoms with Crippen molar-refractivity contribution >= 4 is 27.7 Å². The largest absolute Gasteiger partial charge is 0.388 e. The smallest absolute Gasteiger partial charge is 0.221 e. The van der Waals surface area contributed by atoms with Gasteiger partial charge in [0, 0.05) is 38.8 Å². The molecular weight excluding hydrogens is 288 g/mol. The first kappa shape index (κ1) is 12.5. The van der Waals surface area contributed by atoms with Crippen LogP contribution >= 0.6 is 15.9 Å². The minimum Gasteiger partial charge on any atom is -0.388 e. The van der Waals surface area contributed by atoms with E-state index in [1.54, 1.807) is 6.20 Å². The van der Waals surface area contributed by atoms with Crippen LogP contribution in [0.15, 0.2) is 10.7 Å². The molecule has 0 bridgehead atoms. The molecular formula is C10H15BrN4O2. The van der Waals surface area contributed by atoms with E-state index in [4.69, 9.17) is 10.5 Å². The van der Waals surface area contributed by atoms with Gasteiger partial charge in [-0.15, -0.1) is 0 Å². The van der Waals surface area contributed by atoms with Crippen molar-refractivity contribution < 1.29 is 9.84 Å². The highest BCUT2D eigenvalue weighted by atomic mass is 79.9. The summed E-state index contributed by atoms with van der Waals surface area (Å²) in [5, 5.41) is 13.3. The average molecular weight is 303 g/mol. The van der Waals surface area contributed by atoms with Gasteiger partial charge in [-0.1, -0.05) is 0 Å². The van der Waals surface area contributed by atoms with E-state index in [0.717, 1.165) is 4.47 Å². The Kier molecular flexibility index (Phi) is 3.80. The SMILES string of the molecule is Nc1ncc(Br)c(NCC2(O)CCOCC2)n1. The first-order valence-corrected chi connectivity index (χ1v) is 6.20. The third-order valence-electron chi connectivity index (χ3n) is 2.77. The number of anilines is 2. The number of nitrogens with two attached hydrogens (primary N) is 1. The molecule has 1 aliphatic rings. The number of nitrogen functional groups attached to an aromatic ring is 1. The molecule has 0 saturated carbocycles. The van der Waals surface area contributed by atoms with Crippen LogP contribution < -0.4 is 11.1 Å². The number of ether oxygens (including phenoxy) is 1. The van der Waals surface area contributed by atoms with Crippen LogP contribution in [0.1, 0.15) is 12.8 Å².